The lowest BCUT2D eigenvalue weighted by molar-refractivity contribution is 0.0998. The van der Waals surface area contributed by atoms with Crippen LogP contribution in [0.4, 0.5) is 0 Å². The van der Waals surface area contributed by atoms with Crippen LogP contribution in [0.3, 0.4) is 0 Å². The number of aliphatic hydroxyl groups excluding tert-OH is 1. The minimum absolute atomic E-state index is 0.0872. The standard InChI is InChI=1S/C18H29NO2/c1-3-11-21-18-9-7-16(8-10-18)14(2)19-13-15-5-4-6-17(20)12-15/h7-10,14-15,17,19-20H,3-6,11-13H2,1-2H3. The summed E-state index contributed by atoms with van der Waals surface area (Å²) in [5.74, 6) is 1.56. The molecule has 21 heavy (non-hydrogen) atoms. The Bertz CT molecular complexity index is 404. The van der Waals surface area contributed by atoms with Gasteiger partial charge in [0, 0.05) is 6.04 Å². The second-order valence-corrected chi connectivity index (χ2v) is 6.23. The van der Waals surface area contributed by atoms with E-state index in [1.807, 2.05) is 12.1 Å². The van der Waals surface area contributed by atoms with E-state index in [9.17, 15) is 5.11 Å². The molecule has 1 aromatic carbocycles. The second-order valence-electron chi connectivity index (χ2n) is 6.23. The van der Waals surface area contributed by atoms with Crippen LogP contribution in [0, 0.1) is 5.92 Å². The summed E-state index contributed by atoms with van der Waals surface area (Å²) in [4.78, 5) is 0. The molecule has 0 saturated heterocycles. The van der Waals surface area contributed by atoms with Gasteiger partial charge in [0.05, 0.1) is 12.7 Å². The zero-order valence-electron chi connectivity index (χ0n) is 13.3. The third kappa shape index (κ3) is 5.33. The van der Waals surface area contributed by atoms with Crippen molar-refractivity contribution < 1.29 is 9.84 Å². The summed E-state index contributed by atoms with van der Waals surface area (Å²) >= 11 is 0. The summed E-state index contributed by atoms with van der Waals surface area (Å²) in [6, 6.07) is 8.71. The van der Waals surface area contributed by atoms with E-state index in [1.54, 1.807) is 0 Å². The zero-order valence-corrected chi connectivity index (χ0v) is 13.3. The fourth-order valence-corrected chi connectivity index (χ4v) is 2.98. The predicted octanol–water partition coefficient (Wildman–Crippen LogP) is 3.68. The van der Waals surface area contributed by atoms with Gasteiger partial charge in [0.25, 0.3) is 0 Å². The van der Waals surface area contributed by atoms with Crippen molar-refractivity contribution in [1.82, 2.24) is 5.32 Å². The molecule has 0 spiro atoms. The van der Waals surface area contributed by atoms with E-state index >= 15 is 0 Å². The molecule has 0 aliphatic heterocycles. The molecule has 118 valence electrons. The van der Waals surface area contributed by atoms with Gasteiger partial charge in [0.1, 0.15) is 5.75 Å². The summed E-state index contributed by atoms with van der Waals surface area (Å²) < 4.78 is 5.61. The molecule has 1 aliphatic rings. The van der Waals surface area contributed by atoms with E-state index in [2.05, 4.69) is 31.3 Å². The average molecular weight is 291 g/mol. The van der Waals surface area contributed by atoms with E-state index in [1.165, 1.54) is 12.0 Å². The van der Waals surface area contributed by atoms with Crippen LogP contribution in [0.2, 0.25) is 0 Å². The Morgan fingerprint density at radius 3 is 2.71 bits per heavy atom. The Hall–Kier alpha value is -1.06. The third-order valence-corrected chi connectivity index (χ3v) is 4.32. The fraction of sp³-hybridized carbons (Fsp3) is 0.667. The highest BCUT2D eigenvalue weighted by Crippen LogP contribution is 2.24. The Kier molecular flexibility index (Phi) is 6.52. The van der Waals surface area contributed by atoms with E-state index in [0.29, 0.717) is 12.0 Å². The SMILES string of the molecule is CCCOc1ccc(C(C)NCC2CCCC(O)C2)cc1. The van der Waals surface area contributed by atoms with Crippen molar-refractivity contribution in [2.24, 2.45) is 5.92 Å². The molecular weight excluding hydrogens is 262 g/mol. The number of aliphatic hydroxyl groups is 1. The molecule has 2 N–H and O–H groups in total. The molecule has 3 unspecified atom stereocenters. The largest absolute Gasteiger partial charge is 0.494 e. The minimum atomic E-state index is -0.0872. The number of ether oxygens (including phenoxy) is 1. The first-order valence-corrected chi connectivity index (χ1v) is 8.33. The van der Waals surface area contributed by atoms with Crippen LogP contribution in [0.15, 0.2) is 24.3 Å². The van der Waals surface area contributed by atoms with E-state index in [4.69, 9.17) is 4.74 Å². The molecule has 0 amide bonds. The smallest absolute Gasteiger partial charge is 0.119 e. The molecule has 1 saturated carbocycles. The van der Waals surface area contributed by atoms with Gasteiger partial charge in [-0.2, -0.15) is 0 Å². The maximum absolute atomic E-state index is 9.72. The first kappa shape index (κ1) is 16.3. The number of hydrogen-bond acceptors (Lipinski definition) is 3. The number of benzene rings is 1. The van der Waals surface area contributed by atoms with Crippen molar-refractivity contribution in [2.45, 2.75) is 58.1 Å². The van der Waals surface area contributed by atoms with Crippen LogP contribution >= 0.6 is 0 Å². The van der Waals surface area contributed by atoms with Crippen LogP contribution in [0.25, 0.3) is 0 Å². The summed E-state index contributed by atoms with van der Waals surface area (Å²) in [6.07, 6.45) is 5.27. The van der Waals surface area contributed by atoms with Gasteiger partial charge in [-0.15, -0.1) is 0 Å². The average Bonchev–Trinajstić information content (AvgIpc) is 2.51. The summed E-state index contributed by atoms with van der Waals surface area (Å²) in [5, 5.41) is 13.3. The van der Waals surface area contributed by atoms with Crippen LogP contribution in [-0.4, -0.2) is 24.4 Å². The van der Waals surface area contributed by atoms with Gasteiger partial charge in [-0.3, -0.25) is 0 Å². The Morgan fingerprint density at radius 1 is 1.29 bits per heavy atom. The molecule has 0 radical (unpaired) electrons. The van der Waals surface area contributed by atoms with Crippen molar-refractivity contribution in [1.29, 1.82) is 0 Å². The van der Waals surface area contributed by atoms with Gasteiger partial charge in [-0.1, -0.05) is 25.5 Å². The molecule has 0 aromatic heterocycles. The van der Waals surface area contributed by atoms with Crippen molar-refractivity contribution in [3.8, 4) is 5.75 Å². The maximum atomic E-state index is 9.72. The normalized spacial score (nSPS) is 23.8. The fourth-order valence-electron chi connectivity index (χ4n) is 2.98. The van der Waals surface area contributed by atoms with Crippen molar-refractivity contribution >= 4 is 0 Å². The van der Waals surface area contributed by atoms with E-state index in [-0.39, 0.29) is 6.10 Å². The highest BCUT2D eigenvalue weighted by Gasteiger charge is 2.20. The molecule has 1 aromatic rings. The predicted molar refractivity (Wildman–Crippen MR) is 86.6 cm³/mol. The maximum Gasteiger partial charge on any atom is 0.119 e. The third-order valence-electron chi connectivity index (χ3n) is 4.32. The highest BCUT2D eigenvalue weighted by molar-refractivity contribution is 5.28. The van der Waals surface area contributed by atoms with Crippen molar-refractivity contribution in [3.05, 3.63) is 29.8 Å². The van der Waals surface area contributed by atoms with Gasteiger partial charge in [-0.05, 0) is 62.8 Å². The monoisotopic (exact) mass is 291 g/mol. The van der Waals surface area contributed by atoms with Gasteiger partial charge < -0.3 is 15.2 Å². The molecular formula is C18H29NO2. The second kappa shape index (κ2) is 8.40. The lowest BCUT2D eigenvalue weighted by Gasteiger charge is -2.27. The van der Waals surface area contributed by atoms with Crippen LogP contribution < -0.4 is 10.1 Å². The molecule has 3 atom stereocenters. The van der Waals surface area contributed by atoms with Crippen LogP contribution in [0.5, 0.6) is 5.75 Å². The number of hydrogen-bond donors (Lipinski definition) is 2. The minimum Gasteiger partial charge on any atom is -0.494 e. The van der Waals surface area contributed by atoms with Gasteiger partial charge in [0.15, 0.2) is 0 Å². The molecule has 0 bridgehead atoms. The molecule has 1 fully saturated rings. The quantitative estimate of drug-likeness (QED) is 0.805. The van der Waals surface area contributed by atoms with Gasteiger partial charge >= 0.3 is 0 Å². The first-order valence-electron chi connectivity index (χ1n) is 8.33. The summed E-state index contributed by atoms with van der Waals surface area (Å²) in [5.41, 5.74) is 1.29. The summed E-state index contributed by atoms with van der Waals surface area (Å²) in [6.45, 7) is 6.08. The Morgan fingerprint density at radius 2 is 2.05 bits per heavy atom. The lowest BCUT2D eigenvalue weighted by Crippen LogP contribution is -2.30. The Balaban J connectivity index is 1.78. The Labute approximate surface area is 128 Å². The summed E-state index contributed by atoms with van der Waals surface area (Å²) in [7, 11) is 0. The van der Waals surface area contributed by atoms with Crippen molar-refractivity contribution in [2.75, 3.05) is 13.2 Å². The molecule has 0 heterocycles. The highest BCUT2D eigenvalue weighted by atomic mass is 16.5. The van der Waals surface area contributed by atoms with E-state index in [0.717, 1.165) is 44.6 Å². The van der Waals surface area contributed by atoms with Crippen LogP contribution in [0.1, 0.15) is 57.6 Å². The van der Waals surface area contributed by atoms with Crippen LogP contribution in [-0.2, 0) is 0 Å². The van der Waals surface area contributed by atoms with Gasteiger partial charge in [0.2, 0.25) is 0 Å². The zero-order chi connectivity index (χ0) is 15.1. The molecule has 1 aliphatic carbocycles. The van der Waals surface area contributed by atoms with Gasteiger partial charge in [-0.25, -0.2) is 0 Å². The molecule has 2 rings (SSSR count). The van der Waals surface area contributed by atoms with Crippen molar-refractivity contribution in [3.63, 3.8) is 0 Å². The molecule has 3 nitrogen and oxygen atoms in total. The first-order chi connectivity index (χ1) is 10.2. The molecule has 3 heteroatoms. The number of rotatable bonds is 7. The topological polar surface area (TPSA) is 41.5 Å². The number of nitrogens with one attached hydrogen (secondary N) is 1. The van der Waals surface area contributed by atoms with E-state index < -0.39 is 0 Å². The lowest BCUT2D eigenvalue weighted by atomic mass is 9.87.